The number of benzene rings is 2. The molecule has 0 bridgehead atoms. The van der Waals surface area contributed by atoms with E-state index in [4.69, 9.17) is 9.15 Å². The zero-order valence-corrected chi connectivity index (χ0v) is 12.6. The number of methoxy groups -OCH3 is 1. The van der Waals surface area contributed by atoms with E-state index in [1.165, 1.54) is 43.5 Å². The lowest BCUT2D eigenvalue weighted by atomic mass is 10.0. The molecule has 3 rings (SSSR count). The monoisotopic (exact) mass is 322 g/mol. The van der Waals surface area contributed by atoms with Gasteiger partial charge in [0.1, 0.15) is 11.4 Å². The number of halogens is 1. The predicted octanol–water partition coefficient (Wildman–Crippen LogP) is 3.12. The van der Waals surface area contributed by atoms with Gasteiger partial charge in [-0.1, -0.05) is 11.8 Å². The summed E-state index contributed by atoms with van der Waals surface area (Å²) in [6.07, 6.45) is 0. The van der Waals surface area contributed by atoms with Crippen LogP contribution in [0.3, 0.4) is 0 Å². The highest BCUT2D eigenvalue weighted by Gasteiger charge is 2.13. The molecular formula is C19H11FO4. The van der Waals surface area contributed by atoms with Gasteiger partial charge in [0.15, 0.2) is 0 Å². The lowest BCUT2D eigenvalue weighted by Gasteiger charge is -2.04. The second-order valence-electron chi connectivity index (χ2n) is 4.94. The van der Waals surface area contributed by atoms with Crippen molar-refractivity contribution in [3.63, 3.8) is 0 Å². The largest absolute Gasteiger partial charge is 0.465 e. The molecule has 2 aromatic carbocycles. The molecule has 0 atom stereocenters. The van der Waals surface area contributed by atoms with Crippen LogP contribution in [-0.4, -0.2) is 13.1 Å². The summed E-state index contributed by atoms with van der Waals surface area (Å²) < 4.78 is 22.8. The van der Waals surface area contributed by atoms with Gasteiger partial charge in [-0.15, -0.1) is 0 Å². The van der Waals surface area contributed by atoms with Crippen molar-refractivity contribution >= 4 is 16.9 Å². The maximum Gasteiger partial charge on any atom is 0.339 e. The van der Waals surface area contributed by atoms with Crippen molar-refractivity contribution in [3.05, 3.63) is 81.5 Å². The Balaban J connectivity index is 2.15. The minimum Gasteiger partial charge on any atom is -0.465 e. The van der Waals surface area contributed by atoms with E-state index >= 15 is 0 Å². The second kappa shape index (κ2) is 6.39. The van der Waals surface area contributed by atoms with E-state index in [2.05, 4.69) is 11.8 Å². The van der Waals surface area contributed by atoms with Gasteiger partial charge in [-0.05, 0) is 42.5 Å². The van der Waals surface area contributed by atoms with Crippen LogP contribution in [0.15, 0.2) is 57.7 Å². The first-order valence-corrected chi connectivity index (χ1v) is 7.00. The summed E-state index contributed by atoms with van der Waals surface area (Å²) in [6.45, 7) is 0. The van der Waals surface area contributed by atoms with Gasteiger partial charge in [-0.3, -0.25) is 0 Å². The minimum atomic E-state index is -0.550. The van der Waals surface area contributed by atoms with Crippen LogP contribution in [-0.2, 0) is 4.74 Å². The molecule has 0 aliphatic heterocycles. The molecule has 0 unspecified atom stereocenters. The highest BCUT2D eigenvalue weighted by Crippen LogP contribution is 2.19. The summed E-state index contributed by atoms with van der Waals surface area (Å²) in [4.78, 5) is 23.3. The molecule has 5 heteroatoms. The zero-order valence-electron chi connectivity index (χ0n) is 12.6. The summed E-state index contributed by atoms with van der Waals surface area (Å²) in [6, 6.07) is 11.5. The van der Waals surface area contributed by atoms with E-state index < -0.39 is 11.6 Å². The highest BCUT2D eigenvalue weighted by molar-refractivity contribution is 5.97. The third kappa shape index (κ3) is 3.18. The molecule has 0 radical (unpaired) electrons. The maximum atomic E-state index is 12.9. The molecule has 0 fully saturated rings. The molecule has 1 heterocycles. The fourth-order valence-electron chi connectivity index (χ4n) is 2.17. The van der Waals surface area contributed by atoms with E-state index in [1.807, 2.05) is 0 Å². The molecule has 118 valence electrons. The molecule has 0 N–H and O–H groups in total. The zero-order chi connectivity index (χ0) is 17.1. The van der Waals surface area contributed by atoms with Gasteiger partial charge >= 0.3 is 11.6 Å². The number of hydrogen-bond acceptors (Lipinski definition) is 4. The molecule has 1 aromatic heterocycles. The van der Waals surface area contributed by atoms with Crippen molar-refractivity contribution in [1.29, 1.82) is 0 Å². The number of ether oxygens (including phenoxy) is 1. The molecule has 0 spiro atoms. The van der Waals surface area contributed by atoms with Gasteiger partial charge in [0, 0.05) is 22.6 Å². The third-order valence-corrected chi connectivity index (χ3v) is 3.35. The Morgan fingerprint density at radius 1 is 1.08 bits per heavy atom. The van der Waals surface area contributed by atoms with Crippen LogP contribution >= 0.6 is 0 Å². The molecule has 0 saturated carbocycles. The summed E-state index contributed by atoms with van der Waals surface area (Å²) in [5, 5.41) is 0.585. The van der Waals surface area contributed by atoms with E-state index in [0.717, 1.165) is 0 Å². The topological polar surface area (TPSA) is 56.5 Å². The van der Waals surface area contributed by atoms with Gasteiger partial charge in [0.2, 0.25) is 0 Å². The van der Waals surface area contributed by atoms with Crippen LogP contribution in [0.5, 0.6) is 0 Å². The van der Waals surface area contributed by atoms with Crippen molar-refractivity contribution in [1.82, 2.24) is 0 Å². The van der Waals surface area contributed by atoms with Crippen molar-refractivity contribution in [2.45, 2.75) is 0 Å². The van der Waals surface area contributed by atoms with E-state index in [9.17, 15) is 14.0 Å². The Labute approximate surface area is 136 Å². The lowest BCUT2D eigenvalue weighted by molar-refractivity contribution is 0.0600. The minimum absolute atomic E-state index is 0.258. The van der Waals surface area contributed by atoms with Crippen LogP contribution in [0.4, 0.5) is 4.39 Å². The number of rotatable bonds is 1. The van der Waals surface area contributed by atoms with Crippen LogP contribution in [0.25, 0.3) is 11.0 Å². The summed E-state index contributed by atoms with van der Waals surface area (Å²) >= 11 is 0. The van der Waals surface area contributed by atoms with Crippen molar-refractivity contribution in [2.24, 2.45) is 0 Å². The fourth-order valence-corrected chi connectivity index (χ4v) is 2.17. The van der Waals surface area contributed by atoms with Crippen LogP contribution in [0.1, 0.15) is 21.5 Å². The van der Waals surface area contributed by atoms with E-state index in [-0.39, 0.29) is 11.4 Å². The Morgan fingerprint density at radius 2 is 1.83 bits per heavy atom. The molecular weight excluding hydrogens is 311 g/mol. The maximum absolute atomic E-state index is 12.9. The second-order valence-corrected chi connectivity index (χ2v) is 4.94. The molecule has 4 nitrogen and oxygen atoms in total. The molecule has 0 aliphatic rings. The number of fused-ring (bicyclic) bond motifs is 1. The molecule has 0 amide bonds. The van der Waals surface area contributed by atoms with Gasteiger partial charge in [-0.25, -0.2) is 14.0 Å². The third-order valence-electron chi connectivity index (χ3n) is 3.35. The number of carbonyl (C=O) groups is 1. The molecule has 24 heavy (non-hydrogen) atoms. The summed E-state index contributed by atoms with van der Waals surface area (Å²) in [7, 11) is 1.27. The first kappa shape index (κ1) is 15.5. The Kier molecular flexibility index (Phi) is 4.13. The molecule has 0 aliphatic carbocycles. The van der Waals surface area contributed by atoms with Crippen molar-refractivity contribution in [3.8, 4) is 11.8 Å². The summed E-state index contributed by atoms with van der Waals surface area (Å²) in [5.74, 6) is 4.78. The van der Waals surface area contributed by atoms with Gasteiger partial charge in [0.05, 0.1) is 12.7 Å². The fraction of sp³-hybridized carbons (Fsp3) is 0.0526. The SMILES string of the molecule is COC(=O)c1cc2ccc(=O)oc2cc1C#Cc1ccc(F)cc1. The van der Waals surface area contributed by atoms with Crippen LogP contribution in [0.2, 0.25) is 0 Å². The van der Waals surface area contributed by atoms with Gasteiger partial charge in [-0.2, -0.15) is 0 Å². The normalized spacial score (nSPS) is 10.1. The average Bonchev–Trinajstić information content (AvgIpc) is 2.59. The number of hydrogen-bond donors (Lipinski definition) is 0. The summed E-state index contributed by atoms with van der Waals surface area (Å²) in [5.41, 5.74) is 1.02. The van der Waals surface area contributed by atoms with Crippen molar-refractivity contribution in [2.75, 3.05) is 7.11 Å². The smallest absolute Gasteiger partial charge is 0.339 e. The van der Waals surface area contributed by atoms with Crippen LogP contribution < -0.4 is 5.63 Å². The number of esters is 1. The Bertz CT molecular complexity index is 1040. The van der Waals surface area contributed by atoms with Crippen LogP contribution in [0, 0.1) is 17.7 Å². The lowest BCUT2D eigenvalue weighted by Crippen LogP contribution is -2.05. The van der Waals surface area contributed by atoms with Gasteiger partial charge < -0.3 is 9.15 Å². The van der Waals surface area contributed by atoms with E-state index in [1.54, 1.807) is 12.1 Å². The molecule has 3 aromatic rings. The Morgan fingerprint density at radius 3 is 2.54 bits per heavy atom. The van der Waals surface area contributed by atoms with Gasteiger partial charge in [0.25, 0.3) is 0 Å². The number of carbonyl (C=O) groups excluding carboxylic acids is 1. The van der Waals surface area contributed by atoms with E-state index in [0.29, 0.717) is 22.1 Å². The predicted molar refractivity (Wildman–Crippen MR) is 86.2 cm³/mol. The Hall–Kier alpha value is -3.39. The van der Waals surface area contributed by atoms with Crippen molar-refractivity contribution < 1.29 is 18.3 Å². The first-order valence-electron chi connectivity index (χ1n) is 7.00. The highest BCUT2D eigenvalue weighted by atomic mass is 19.1. The first-order chi connectivity index (χ1) is 11.6. The standard InChI is InChI=1S/C19H11FO4/c1-23-19(22)16-10-14-6-9-18(21)24-17(14)11-13(16)5-2-12-3-7-15(20)8-4-12/h3-4,6-11H,1H3. The molecule has 0 saturated heterocycles. The average molecular weight is 322 g/mol. The quantitative estimate of drug-likeness (QED) is 0.392.